The first-order valence-electron chi connectivity index (χ1n) is 35.0. The van der Waals surface area contributed by atoms with Crippen molar-refractivity contribution in [2.45, 2.75) is 176 Å². The van der Waals surface area contributed by atoms with Crippen molar-refractivity contribution in [2.24, 2.45) is 67.3 Å². The van der Waals surface area contributed by atoms with Gasteiger partial charge < -0.3 is 136 Å². The van der Waals surface area contributed by atoms with Crippen molar-refractivity contribution >= 4 is 120 Å². The maximum absolute atomic E-state index is 15.1. The number of nitrogens with zero attached hydrogens (tertiary/aromatic N) is 3. The Morgan fingerprint density at radius 2 is 0.769 bits per heavy atom. The van der Waals surface area contributed by atoms with Crippen LogP contribution in [0.5, 0.6) is 11.5 Å². The maximum atomic E-state index is 15.1. The van der Waals surface area contributed by atoms with Crippen LogP contribution in [0.4, 0.5) is 14.4 Å². The summed E-state index contributed by atoms with van der Waals surface area (Å²) in [7, 11) is 0. The Bertz CT molecular complexity index is 3390. The van der Waals surface area contributed by atoms with Crippen LogP contribution < -0.4 is 121 Å². The molecule has 108 heavy (non-hydrogen) atoms. The van der Waals surface area contributed by atoms with Gasteiger partial charge in [-0.05, 0) is 138 Å². The van der Waals surface area contributed by atoms with E-state index in [9.17, 15) is 72.5 Å². The highest BCUT2D eigenvalue weighted by atomic mass is 32.1. The summed E-state index contributed by atoms with van der Waals surface area (Å²) in [6.45, 7) is -0.141. The molecular weight excluding hydrogens is 1450 g/mol. The number of phenols is 2. The zero-order valence-electron chi connectivity index (χ0n) is 60.0. The van der Waals surface area contributed by atoms with E-state index in [1.165, 1.54) is 53.4 Å². The largest absolute Gasteiger partial charge is 0.508 e. The smallest absolute Gasteiger partial charge is 0.312 e. The van der Waals surface area contributed by atoms with Gasteiger partial charge in [-0.15, -0.1) is 0 Å². The molecule has 11 atom stereocenters. The number of unbranched alkanes of at least 4 members (excludes halogenated alkanes) is 1. The molecule has 43 heteroatoms. The van der Waals surface area contributed by atoms with E-state index in [4.69, 9.17) is 57.3 Å². The summed E-state index contributed by atoms with van der Waals surface area (Å²) in [5.41, 5.74) is 56.1. The molecule has 0 bridgehead atoms. The third-order valence-corrected chi connectivity index (χ3v) is 17.5. The number of carbonyl (C=O) groups excluding carboxylic acids is 14. The predicted molar refractivity (Wildman–Crippen MR) is 404 cm³/mol. The average Bonchev–Trinajstić information content (AvgIpc) is 1.63. The fourth-order valence-electron chi connectivity index (χ4n) is 11.1. The van der Waals surface area contributed by atoms with Gasteiger partial charge in [0.05, 0.1) is 6.04 Å². The van der Waals surface area contributed by atoms with Gasteiger partial charge in [-0.2, -0.15) is 25.3 Å². The second-order valence-electron chi connectivity index (χ2n) is 25.3. The Morgan fingerprint density at radius 1 is 0.426 bits per heavy atom. The van der Waals surface area contributed by atoms with Crippen molar-refractivity contribution in [3.8, 4) is 11.5 Å². The number of carbonyl (C=O) groups is 14. The molecule has 600 valence electrons. The molecule has 1 saturated heterocycles. The molecule has 1 fully saturated rings. The fraction of sp³-hybridized carbons (Fsp3) is 0.569. The van der Waals surface area contributed by atoms with Gasteiger partial charge in [0.25, 0.3) is 0 Å². The number of amides is 17. The monoisotopic (exact) mass is 1560 g/mol. The van der Waals surface area contributed by atoms with Gasteiger partial charge in [0.15, 0.2) is 11.9 Å². The number of nitrogens with one attached hydrogen (secondary N) is 12. The standard InChI is InChI=1S/C65H107N25O16S2/c66-24-2-1-9-41(82-52(95)43(12-5-27-78-63(73)104)84-56(99)46(87-51(94)39(67)33-107)31-35-16-20-37(91)21-17-35)54(97)86-45(14-7-29-80-65(75)106)60(103)90-30-8-15-49(90)59(102)88-47(32-36-18-22-38(92)23-19-36)57(100)85-42(11-4-26-77-62(71)72)53(96)83-44(13-6-28-79-64(74)105)55(98)89-48(34-108)58(101)81-40(50(68)93)10-3-25-76-61(69)70/h16-23,39-49,91-92,107-108H,1-15,24-34,66-67H2,(H2,68,93)(H,81,101)(H,82,95)(H,83,96)(H,84,99)(H,85,100)(H,86,97)(H,87,94)(H,88,102)(H,89,98)(H4,69,70,76)(H4,71,72,77)(H3,73,78,104)(H3,74,79,105)(H3,75,80,106)/t39-,40-,41-,42-,43-,44-,45+,46-,47-,48-,49-/m0/s1. The first kappa shape index (κ1) is 91.4. The first-order chi connectivity index (χ1) is 51.3. The third kappa shape index (κ3) is 35.1. The van der Waals surface area contributed by atoms with Gasteiger partial charge in [0, 0.05) is 63.6 Å². The molecule has 0 aromatic heterocycles. The number of thiol groups is 2. The number of primary amides is 4. The Hall–Kier alpha value is -10.8. The molecule has 2 aromatic rings. The second-order valence-corrected chi connectivity index (χ2v) is 26.1. The maximum Gasteiger partial charge on any atom is 0.312 e. The molecule has 1 heterocycles. The Balaban J connectivity index is 2.06. The normalized spacial score (nSPS) is 15.1. The Morgan fingerprint density at radius 3 is 1.16 bits per heavy atom. The van der Waals surface area contributed by atoms with E-state index in [0.29, 0.717) is 17.5 Å². The van der Waals surface area contributed by atoms with Gasteiger partial charge in [-0.1, -0.05) is 24.3 Å². The summed E-state index contributed by atoms with van der Waals surface area (Å²) in [5.74, 6) is -11.1. The van der Waals surface area contributed by atoms with Crippen molar-refractivity contribution in [3.05, 3.63) is 59.7 Å². The van der Waals surface area contributed by atoms with Crippen LogP contribution in [0, 0.1) is 0 Å². The Labute approximate surface area is 635 Å². The molecule has 0 spiro atoms. The van der Waals surface area contributed by atoms with Gasteiger partial charge in [0.2, 0.25) is 65.0 Å². The summed E-state index contributed by atoms with van der Waals surface area (Å²) in [6, 6.07) is -7.03. The molecule has 1 aliphatic heterocycles. The molecule has 1 aliphatic rings. The van der Waals surface area contributed by atoms with Crippen LogP contribution in [0.25, 0.3) is 0 Å². The van der Waals surface area contributed by atoms with E-state index < -0.39 is 150 Å². The number of hydrogen-bond acceptors (Lipinski definition) is 22. The summed E-state index contributed by atoms with van der Waals surface area (Å²) >= 11 is 8.33. The summed E-state index contributed by atoms with van der Waals surface area (Å²) in [4.78, 5) is 201. The molecule has 41 nitrogen and oxygen atoms in total. The van der Waals surface area contributed by atoms with Crippen LogP contribution in [0.3, 0.4) is 0 Å². The molecule has 0 saturated carbocycles. The van der Waals surface area contributed by atoms with E-state index in [-0.39, 0.29) is 183 Å². The summed E-state index contributed by atoms with van der Waals surface area (Å²) < 4.78 is 0. The van der Waals surface area contributed by atoms with Crippen LogP contribution in [-0.4, -0.2) is 234 Å². The molecule has 2 aromatic carbocycles. The number of phenolic OH excluding ortho intramolecular Hbond substituents is 2. The lowest BCUT2D eigenvalue weighted by Gasteiger charge is -2.31. The zero-order chi connectivity index (χ0) is 80.4. The van der Waals surface area contributed by atoms with Crippen LogP contribution in [0.2, 0.25) is 0 Å². The molecule has 3 rings (SSSR count). The van der Waals surface area contributed by atoms with E-state index in [1.807, 2.05) is 0 Å². The molecular formula is C65H107N25O16S2. The average molecular weight is 1560 g/mol. The van der Waals surface area contributed by atoms with Crippen LogP contribution in [0.1, 0.15) is 107 Å². The van der Waals surface area contributed by atoms with Gasteiger partial charge in [0.1, 0.15) is 71.9 Å². The van der Waals surface area contributed by atoms with Gasteiger partial charge in [-0.25, -0.2) is 14.4 Å². The van der Waals surface area contributed by atoms with Crippen LogP contribution in [-0.2, 0) is 65.6 Å². The number of likely N-dealkylation sites (tertiary alicyclic amines) is 1. The van der Waals surface area contributed by atoms with E-state index in [1.54, 1.807) is 0 Å². The quantitative estimate of drug-likeness (QED) is 0.0127. The lowest BCUT2D eigenvalue weighted by atomic mass is 10.0. The van der Waals surface area contributed by atoms with Gasteiger partial charge in [-0.3, -0.25) is 62.7 Å². The minimum Gasteiger partial charge on any atom is -0.508 e. The van der Waals surface area contributed by atoms with Crippen molar-refractivity contribution in [3.63, 3.8) is 0 Å². The van der Waals surface area contributed by atoms with Crippen molar-refractivity contribution in [2.75, 3.05) is 57.3 Å². The lowest BCUT2D eigenvalue weighted by Crippen LogP contribution is -2.61. The van der Waals surface area contributed by atoms with E-state index >= 15 is 4.79 Å². The van der Waals surface area contributed by atoms with Crippen molar-refractivity contribution in [1.29, 1.82) is 0 Å². The summed E-state index contributed by atoms with van der Waals surface area (Å²) in [5, 5.41) is 50.9. The van der Waals surface area contributed by atoms with Crippen molar-refractivity contribution in [1.82, 2.24) is 68.7 Å². The molecule has 0 radical (unpaired) electrons. The highest BCUT2D eigenvalue weighted by molar-refractivity contribution is 7.80. The highest BCUT2D eigenvalue weighted by Gasteiger charge is 2.41. The third-order valence-electron chi connectivity index (χ3n) is 16.8. The van der Waals surface area contributed by atoms with Crippen LogP contribution >= 0.6 is 25.3 Å². The topological polar surface area (TPSA) is 712 Å². The number of nitrogens with two attached hydrogens (primary N) is 10. The minimum absolute atomic E-state index is 0.00213. The summed E-state index contributed by atoms with van der Waals surface area (Å²) in [6.07, 6.45) is -0.273. The van der Waals surface area contributed by atoms with E-state index in [0.717, 1.165) is 0 Å². The zero-order valence-corrected chi connectivity index (χ0v) is 61.8. The molecule has 0 aliphatic carbocycles. The lowest BCUT2D eigenvalue weighted by molar-refractivity contribution is -0.142. The Kier molecular flexibility index (Phi) is 41.6. The SMILES string of the molecule is NCCCC[C@H](NC(=O)[C@H](CCCNC(N)=O)NC(=O)[C@H](Cc1ccc(O)cc1)NC(=O)[C@@H](N)CS)C(=O)N[C@H](CCCNC(N)=O)C(=O)N1CCC[C@H]1C(=O)N[C@@H](Cc1ccc(O)cc1)C(=O)N[C@@H](CCCN=C(N)N)C(=O)N[C@@H](CCCNC(N)=O)C(=O)N[C@@H](CS)C(=O)N[C@@H](CCCN=C(N)N)C(N)=O. The molecule has 17 amide bonds. The number of rotatable bonds is 50. The minimum atomic E-state index is -1.58. The van der Waals surface area contributed by atoms with Crippen molar-refractivity contribution < 1.29 is 77.3 Å². The number of aliphatic imine (C=N–C) groups is 2. The second kappa shape index (κ2) is 49.1. The van der Waals surface area contributed by atoms with Gasteiger partial charge >= 0.3 is 18.1 Å². The first-order valence-corrected chi connectivity index (χ1v) is 36.3. The van der Waals surface area contributed by atoms with E-state index in [2.05, 4.69) is 99.0 Å². The fourth-order valence-corrected chi connectivity index (χ4v) is 11.5. The highest BCUT2D eigenvalue weighted by Crippen LogP contribution is 2.22. The number of hydrogen-bond donors (Lipinski definition) is 26. The number of urea groups is 3. The molecule has 34 N–H and O–H groups in total. The number of aromatic hydroxyl groups is 2. The number of benzene rings is 2. The predicted octanol–water partition coefficient (Wildman–Crippen LogP) is -7.51. The molecule has 0 unspecified atom stereocenters. The van der Waals surface area contributed by atoms with Crippen LogP contribution in [0.15, 0.2) is 58.5 Å². The number of guanidine groups is 2.